The van der Waals surface area contributed by atoms with E-state index in [1.807, 2.05) is 19.0 Å². The van der Waals surface area contributed by atoms with E-state index in [0.29, 0.717) is 12.3 Å². The summed E-state index contributed by atoms with van der Waals surface area (Å²) in [4.78, 5) is 12.7. The topological polar surface area (TPSA) is 49.8 Å². The van der Waals surface area contributed by atoms with Gasteiger partial charge in [-0.15, -0.1) is 12.4 Å². The molecule has 0 amide bonds. The number of carbonyl (C=O) groups is 1. The third-order valence-corrected chi connectivity index (χ3v) is 2.01. The van der Waals surface area contributed by atoms with E-state index in [1.54, 1.807) is 25.3 Å². The van der Waals surface area contributed by atoms with Crippen LogP contribution in [0.1, 0.15) is 15.9 Å². The first-order chi connectivity index (χ1) is 7.04. The van der Waals surface area contributed by atoms with Crippen molar-refractivity contribution in [3.05, 3.63) is 29.3 Å². The number of hydrogen-bond acceptors (Lipinski definition) is 3. The molecule has 1 aromatic carbocycles. The van der Waals surface area contributed by atoms with Crippen LogP contribution in [0.4, 0.5) is 0 Å². The third-order valence-electron chi connectivity index (χ3n) is 2.01. The molecule has 0 radical (unpaired) electrons. The van der Waals surface area contributed by atoms with Crippen LogP contribution in [0.2, 0.25) is 0 Å². The Hall–Kier alpha value is -1.26. The van der Waals surface area contributed by atoms with Gasteiger partial charge in [-0.3, -0.25) is 0 Å². The molecule has 0 saturated heterocycles. The van der Waals surface area contributed by atoms with Crippen LogP contribution in [0.5, 0.6) is 5.75 Å². The fourth-order valence-electron chi connectivity index (χ4n) is 1.38. The predicted molar refractivity (Wildman–Crippen MR) is 64.6 cm³/mol. The Kier molecular flexibility index (Phi) is 5.85. The van der Waals surface area contributed by atoms with Gasteiger partial charge in [-0.2, -0.15) is 0 Å². The van der Waals surface area contributed by atoms with Crippen molar-refractivity contribution < 1.29 is 14.6 Å². The van der Waals surface area contributed by atoms with E-state index in [-0.39, 0.29) is 18.0 Å². The van der Waals surface area contributed by atoms with Crippen LogP contribution in [-0.4, -0.2) is 37.2 Å². The molecule has 1 rings (SSSR count). The molecule has 0 aliphatic heterocycles. The lowest BCUT2D eigenvalue weighted by molar-refractivity contribution is 0.0696. The Morgan fingerprint density at radius 1 is 1.44 bits per heavy atom. The minimum atomic E-state index is -0.919. The maximum absolute atomic E-state index is 10.8. The Morgan fingerprint density at radius 3 is 2.50 bits per heavy atom. The van der Waals surface area contributed by atoms with E-state index < -0.39 is 5.97 Å². The second-order valence-corrected chi connectivity index (χ2v) is 3.57. The zero-order valence-electron chi connectivity index (χ0n) is 9.56. The quantitative estimate of drug-likeness (QED) is 0.880. The van der Waals surface area contributed by atoms with Gasteiger partial charge in [-0.1, -0.05) is 0 Å². The standard InChI is InChI=1S/C11H15NO3.ClH/c1-12(2)7-9-6-8(11(13)14)4-5-10(9)15-3;/h4-6H,7H2,1-3H3,(H,13,14);1H. The van der Waals surface area contributed by atoms with Crippen molar-refractivity contribution in [1.29, 1.82) is 0 Å². The van der Waals surface area contributed by atoms with E-state index in [9.17, 15) is 4.79 Å². The van der Waals surface area contributed by atoms with Crippen LogP contribution in [0.3, 0.4) is 0 Å². The first-order valence-corrected chi connectivity index (χ1v) is 4.59. The zero-order chi connectivity index (χ0) is 11.4. The van der Waals surface area contributed by atoms with Crippen molar-refractivity contribution in [2.45, 2.75) is 6.54 Å². The van der Waals surface area contributed by atoms with Gasteiger partial charge in [0, 0.05) is 12.1 Å². The number of rotatable bonds is 4. The molecule has 0 heterocycles. The van der Waals surface area contributed by atoms with Gasteiger partial charge in [0.15, 0.2) is 0 Å². The maximum atomic E-state index is 10.8. The maximum Gasteiger partial charge on any atom is 0.335 e. The van der Waals surface area contributed by atoms with Crippen molar-refractivity contribution in [3.63, 3.8) is 0 Å². The second kappa shape index (κ2) is 6.35. The summed E-state index contributed by atoms with van der Waals surface area (Å²) in [6.07, 6.45) is 0. The molecule has 0 saturated carbocycles. The van der Waals surface area contributed by atoms with E-state index in [1.165, 1.54) is 0 Å². The number of aromatic carboxylic acids is 1. The molecule has 0 atom stereocenters. The smallest absolute Gasteiger partial charge is 0.335 e. The van der Waals surface area contributed by atoms with Crippen molar-refractivity contribution in [3.8, 4) is 5.75 Å². The van der Waals surface area contributed by atoms with Gasteiger partial charge in [0.05, 0.1) is 12.7 Å². The first kappa shape index (κ1) is 14.7. The summed E-state index contributed by atoms with van der Waals surface area (Å²) in [6.45, 7) is 0.657. The molecule has 90 valence electrons. The fourth-order valence-corrected chi connectivity index (χ4v) is 1.38. The number of nitrogens with zero attached hydrogens (tertiary/aromatic N) is 1. The van der Waals surface area contributed by atoms with Gasteiger partial charge in [0.2, 0.25) is 0 Å². The average molecular weight is 246 g/mol. The van der Waals surface area contributed by atoms with Gasteiger partial charge in [0.1, 0.15) is 5.75 Å². The number of ether oxygens (including phenoxy) is 1. The monoisotopic (exact) mass is 245 g/mol. The summed E-state index contributed by atoms with van der Waals surface area (Å²) < 4.78 is 5.16. The highest BCUT2D eigenvalue weighted by atomic mass is 35.5. The largest absolute Gasteiger partial charge is 0.496 e. The highest BCUT2D eigenvalue weighted by molar-refractivity contribution is 5.88. The fraction of sp³-hybridized carbons (Fsp3) is 0.364. The normalized spacial score (nSPS) is 9.75. The highest BCUT2D eigenvalue weighted by Gasteiger charge is 2.09. The van der Waals surface area contributed by atoms with E-state index in [4.69, 9.17) is 9.84 Å². The summed E-state index contributed by atoms with van der Waals surface area (Å²) in [6, 6.07) is 4.86. The lowest BCUT2D eigenvalue weighted by Gasteiger charge is -2.13. The molecule has 0 aliphatic carbocycles. The number of methoxy groups -OCH3 is 1. The summed E-state index contributed by atoms with van der Waals surface area (Å²) in [5, 5.41) is 8.85. The Balaban J connectivity index is 0.00000225. The van der Waals surface area contributed by atoms with Crippen molar-refractivity contribution in [1.82, 2.24) is 4.90 Å². The molecular weight excluding hydrogens is 230 g/mol. The van der Waals surface area contributed by atoms with Gasteiger partial charge < -0.3 is 14.7 Å². The molecule has 0 aliphatic rings. The zero-order valence-corrected chi connectivity index (χ0v) is 10.4. The van der Waals surface area contributed by atoms with Crippen molar-refractivity contribution in [2.75, 3.05) is 21.2 Å². The van der Waals surface area contributed by atoms with Crippen LogP contribution in [0.25, 0.3) is 0 Å². The van der Waals surface area contributed by atoms with Gasteiger partial charge in [0.25, 0.3) is 0 Å². The number of hydrogen-bond donors (Lipinski definition) is 1. The summed E-state index contributed by atoms with van der Waals surface area (Å²) in [5.41, 5.74) is 1.16. The van der Waals surface area contributed by atoms with Gasteiger partial charge >= 0.3 is 5.97 Å². The average Bonchev–Trinajstić information content (AvgIpc) is 2.16. The van der Waals surface area contributed by atoms with Crippen LogP contribution in [0.15, 0.2) is 18.2 Å². The molecule has 1 N–H and O–H groups in total. The molecule has 5 heteroatoms. The Labute approximate surface area is 101 Å². The SMILES string of the molecule is COc1ccc(C(=O)O)cc1CN(C)C.Cl. The molecule has 0 bridgehead atoms. The highest BCUT2D eigenvalue weighted by Crippen LogP contribution is 2.20. The Bertz CT molecular complexity index is 366. The molecule has 0 fully saturated rings. The molecule has 16 heavy (non-hydrogen) atoms. The first-order valence-electron chi connectivity index (χ1n) is 4.59. The lowest BCUT2D eigenvalue weighted by atomic mass is 10.1. The number of carboxylic acid groups (broad SMARTS) is 1. The summed E-state index contributed by atoms with van der Waals surface area (Å²) >= 11 is 0. The number of halogens is 1. The summed E-state index contributed by atoms with van der Waals surface area (Å²) in [7, 11) is 5.43. The lowest BCUT2D eigenvalue weighted by Crippen LogP contribution is -2.12. The molecule has 0 unspecified atom stereocenters. The minimum absolute atomic E-state index is 0. The van der Waals surface area contributed by atoms with Crippen LogP contribution >= 0.6 is 12.4 Å². The van der Waals surface area contributed by atoms with E-state index in [0.717, 1.165) is 5.56 Å². The van der Waals surface area contributed by atoms with Gasteiger partial charge in [-0.25, -0.2) is 4.79 Å². The second-order valence-electron chi connectivity index (χ2n) is 3.57. The molecule has 0 aromatic heterocycles. The van der Waals surface area contributed by atoms with Crippen LogP contribution < -0.4 is 4.74 Å². The third kappa shape index (κ3) is 3.72. The summed E-state index contributed by atoms with van der Waals surface area (Å²) in [5.74, 6) is -0.202. The van der Waals surface area contributed by atoms with Crippen molar-refractivity contribution >= 4 is 18.4 Å². The van der Waals surface area contributed by atoms with E-state index in [2.05, 4.69) is 0 Å². The molecule has 0 spiro atoms. The van der Waals surface area contributed by atoms with E-state index >= 15 is 0 Å². The van der Waals surface area contributed by atoms with Crippen molar-refractivity contribution in [2.24, 2.45) is 0 Å². The van der Waals surface area contributed by atoms with Crippen LogP contribution in [-0.2, 0) is 6.54 Å². The van der Waals surface area contributed by atoms with Crippen LogP contribution in [0, 0.1) is 0 Å². The van der Waals surface area contributed by atoms with Gasteiger partial charge in [-0.05, 0) is 32.3 Å². The minimum Gasteiger partial charge on any atom is -0.496 e. The molecular formula is C11H16ClNO3. The molecule has 1 aromatic rings. The number of benzene rings is 1. The predicted octanol–water partition coefficient (Wildman–Crippen LogP) is 1.88. The Morgan fingerprint density at radius 2 is 2.06 bits per heavy atom. The number of carboxylic acids is 1. The molecule has 4 nitrogen and oxygen atoms in total.